The van der Waals surface area contributed by atoms with Crippen molar-refractivity contribution in [2.24, 2.45) is 0 Å². The molecule has 3 rings (SSSR count). The van der Waals surface area contributed by atoms with Gasteiger partial charge in [0.15, 0.2) is 0 Å². The molecule has 0 saturated heterocycles. The first-order valence-electron chi connectivity index (χ1n) is 9.20. The number of amides is 2. The number of hydrogen-bond donors (Lipinski definition) is 3. The zero-order chi connectivity index (χ0) is 21.0. The Morgan fingerprint density at radius 3 is 2.28 bits per heavy atom. The average Bonchev–Trinajstić information content (AvgIpc) is 2.65. The molecule has 0 radical (unpaired) electrons. The number of rotatable bonds is 5. The fourth-order valence-corrected chi connectivity index (χ4v) is 2.85. The minimum Gasteiger partial charge on any atom is -0.340 e. The number of nitrogens with zero attached hydrogens (tertiary/aromatic N) is 2. The number of carbonyl (C=O) groups is 2. The Balaban J connectivity index is 1.81. The second-order valence-electron chi connectivity index (χ2n) is 6.77. The number of nitrogens with one attached hydrogen (secondary N) is 3. The lowest BCUT2D eigenvalue weighted by Crippen LogP contribution is -2.16. The Morgan fingerprint density at radius 1 is 0.862 bits per heavy atom. The van der Waals surface area contributed by atoms with E-state index in [1.54, 1.807) is 37.3 Å². The van der Waals surface area contributed by atoms with Crippen LogP contribution in [0.4, 0.5) is 22.9 Å². The van der Waals surface area contributed by atoms with Crippen LogP contribution in [0.15, 0.2) is 48.5 Å². The highest BCUT2D eigenvalue weighted by molar-refractivity contribution is 6.03. The Morgan fingerprint density at radius 2 is 1.55 bits per heavy atom. The molecule has 3 N–H and O–H groups in total. The number of benzene rings is 2. The molecule has 0 aliphatic rings. The summed E-state index contributed by atoms with van der Waals surface area (Å²) in [5.74, 6) is 0.488. The van der Waals surface area contributed by atoms with Crippen molar-refractivity contribution in [3.8, 4) is 0 Å². The lowest BCUT2D eigenvalue weighted by molar-refractivity contribution is -0.114. The van der Waals surface area contributed by atoms with E-state index >= 15 is 0 Å². The minimum absolute atomic E-state index is 0.179. The summed E-state index contributed by atoms with van der Waals surface area (Å²) < 4.78 is 0. The minimum atomic E-state index is -0.362. The van der Waals surface area contributed by atoms with Crippen LogP contribution in [-0.2, 0) is 4.79 Å². The van der Waals surface area contributed by atoms with E-state index in [2.05, 4.69) is 25.9 Å². The highest BCUT2D eigenvalue weighted by Crippen LogP contribution is 2.22. The van der Waals surface area contributed by atoms with Gasteiger partial charge in [0.05, 0.1) is 0 Å². The monoisotopic (exact) mass is 389 g/mol. The molecule has 1 aromatic heterocycles. The molecule has 1 heterocycles. The fraction of sp³-hybridized carbons (Fsp3) is 0.182. The molecule has 148 valence electrons. The van der Waals surface area contributed by atoms with Gasteiger partial charge in [-0.2, -0.15) is 0 Å². The maximum absolute atomic E-state index is 12.7. The summed E-state index contributed by atoms with van der Waals surface area (Å²) in [6.45, 7) is 7.24. The van der Waals surface area contributed by atoms with Crippen molar-refractivity contribution in [3.63, 3.8) is 0 Å². The Bertz CT molecular complexity index is 1080. The molecule has 29 heavy (non-hydrogen) atoms. The standard InChI is InChI=1S/C22H23N5O2/c1-13-7-5-10-19(14(13)2)27-21-12-20(23-15(3)24-21)22(29)26-18-9-6-8-17(11-18)25-16(4)28/h5-12H,1-4H3,(H,25,28)(H,26,29)(H,23,24,27). The third-order valence-corrected chi connectivity index (χ3v) is 4.38. The van der Waals surface area contributed by atoms with E-state index < -0.39 is 0 Å². The van der Waals surface area contributed by atoms with Gasteiger partial charge in [0, 0.05) is 30.1 Å². The van der Waals surface area contributed by atoms with Gasteiger partial charge in [0.25, 0.3) is 5.91 Å². The predicted molar refractivity (Wildman–Crippen MR) is 115 cm³/mol. The third kappa shape index (κ3) is 5.16. The van der Waals surface area contributed by atoms with Gasteiger partial charge >= 0.3 is 0 Å². The van der Waals surface area contributed by atoms with Crippen LogP contribution in [0.25, 0.3) is 0 Å². The highest BCUT2D eigenvalue weighted by atomic mass is 16.2. The number of anilines is 4. The topological polar surface area (TPSA) is 96.0 Å². The van der Waals surface area contributed by atoms with Crippen LogP contribution in [0.5, 0.6) is 0 Å². The molecule has 0 spiro atoms. The molecule has 0 atom stereocenters. The zero-order valence-electron chi connectivity index (χ0n) is 16.8. The largest absolute Gasteiger partial charge is 0.340 e. The Hall–Kier alpha value is -3.74. The quantitative estimate of drug-likeness (QED) is 0.603. The van der Waals surface area contributed by atoms with Crippen LogP contribution in [0.3, 0.4) is 0 Å². The molecule has 0 aliphatic heterocycles. The average molecular weight is 389 g/mol. The van der Waals surface area contributed by atoms with Gasteiger partial charge in [-0.05, 0) is 56.2 Å². The van der Waals surface area contributed by atoms with Crippen LogP contribution in [0.1, 0.15) is 34.4 Å². The molecule has 7 heteroatoms. The van der Waals surface area contributed by atoms with E-state index in [9.17, 15) is 9.59 Å². The van der Waals surface area contributed by atoms with Crippen molar-refractivity contribution in [1.82, 2.24) is 9.97 Å². The first-order chi connectivity index (χ1) is 13.8. The Kier molecular flexibility index (Phi) is 5.87. The second-order valence-corrected chi connectivity index (χ2v) is 6.77. The van der Waals surface area contributed by atoms with E-state index in [0.717, 1.165) is 16.8 Å². The molecule has 0 bridgehead atoms. The maximum Gasteiger partial charge on any atom is 0.274 e. The number of aryl methyl sites for hydroxylation is 2. The Labute approximate surface area is 169 Å². The van der Waals surface area contributed by atoms with E-state index in [1.807, 2.05) is 32.0 Å². The molecule has 2 aromatic carbocycles. The fourth-order valence-electron chi connectivity index (χ4n) is 2.85. The molecule has 2 amide bonds. The van der Waals surface area contributed by atoms with E-state index in [4.69, 9.17) is 0 Å². The summed E-state index contributed by atoms with van der Waals surface area (Å²) in [6.07, 6.45) is 0. The molecule has 0 unspecified atom stereocenters. The first kappa shape index (κ1) is 20.0. The molecule has 7 nitrogen and oxygen atoms in total. The van der Waals surface area contributed by atoms with Crippen molar-refractivity contribution in [2.75, 3.05) is 16.0 Å². The molecule has 3 aromatic rings. The second kappa shape index (κ2) is 8.52. The van der Waals surface area contributed by atoms with Gasteiger partial charge in [-0.3, -0.25) is 9.59 Å². The van der Waals surface area contributed by atoms with Crippen LogP contribution < -0.4 is 16.0 Å². The van der Waals surface area contributed by atoms with Crippen molar-refractivity contribution in [3.05, 3.63) is 71.2 Å². The summed E-state index contributed by atoms with van der Waals surface area (Å²) >= 11 is 0. The number of carbonyl (C=O) groups excluding carboxylic acids is 2. The van der Waals surface area contributed by atoms with E-state index in [1.165, 1.54) is 6.92 Å². The predicted octanol–water partition coefficient (Wildman–Crippen LogP) is 4.36. The normalized spacial score (nSPS) is 10.3. The van der Waals surface area contributed by atoms with Gasteiger partial charge in [-0.1, -0.05) is 18.2 Å². The van der Waals surface area contributed by atoms with Crippen LogP contribution in [0.2, 0.25) is 0 Å². The van der Waals surface area contributed by atoms with Crippen LogP contribution >= 0.6 is 0 Å². The summed E-state index contributed by atoms with van der Waals surface area (Å²) in [4.78, 5) is 32.6. The highest BCUT2D eigenvalue weighted by Gasteiger charge is 2.12. The van der Waals surface area contributed by atoms with E-state index in [0.29, 0.717) is 23.0 Å². The van der Waals surface area contributed by atoms with Crippen molar-refractivity contribution < 1.29 is 9.59 Å². The summed E-state index contributed by atoms with van der Waals surface area (Å²) in [6, 6.07) is 14.5. The van der Waals surface area contributed by atoms with Crippen molar-refractivity contribution in [1.29, 1.82) is 0 Å². The van der Waals surface area contributed by atoms with Crippen LogP contribution in [0, 0.1) is 20.8 Å². The van der Waals surface area contributed by atoms with E-state index in [-0.39, 0.29) is 17.5 Å². The van der Waals surface area contributed by atoms with Gasteiger partial charge < -0.3 is 16.0 Å². The SMILES string of the molecule is CC(=O)Nc1cccc(NC(=O)c2cc(Nc3cccc(C)c3C)nc(C)n2)c1. The summed E-state index contributed by atoms with van der Waals surface area (Å²) in [5, 5.41) is 8.76. The van der Waals surface area contributed by atoms with Gasteiger partial charge in [-0.25, -0.2) is 9.97 Å². The maximum atomic E-state index is 12.7. The van der Waals surface area contributed by atoms with Crippen LogP contribution in [-0.4, -0.2) is 21.8 Å². The molecular formula is C22H23N5O2. The van der Waals surface area contributed by atoms with Gasteiger partial charge in [-0.15, -0.1) is 0 Å². The molecule has 0 fully saturated rings. The van der Waals surface area contributed by atoms with Crippen molar-refractivity contribution in [2.45, 2.75) is 27.7 Å². The molecule has 0 saturated carbocycles. The third-order valence-electron chi connectivity index (χ3n) is 4.38. The van der Waals surface area contributed by atoms with Gasteiger partial charge in [0.1, 0.15) is 17.3 Å². The number of hydrogen-bond acceptors (Lipinski definition) is 5. The summed E-state index contributed by atoms with van der Waals surface area (Å²) in [5.41, 5.74) is 4.61. The smallest absolute Gasteiger partial charge is 0.274 e. The molecule has 0 aliphatic carbocycles. The first-order valence-corrected chi connectivity index (χ1v) is 9.20. The number of aromatic nitrogens is 2. The lowest BCUT2D eigenvalue weighted by Gasteiger charge is -2.12. The van der Waals surface area contributed by atoms with Crippen molar-refractivity contribution >= 4 is 34.7 Å². The summed E-state index contributed by atoms with van der Waals surface area (Å²) in [7, 11) is 0. The lowest BCUT2D eigenvalue weighted by atomic mass is 10.1. The zero-order valence-corrected chi connectivity index (χ0v) is 16.8. The molecular weight excluding hydrogens is 366 g/mol. The van der Waals surface area contributed by atoms with Gasteiger partial charge in [0.2, 0.25) is 5.91 Å².